The molecule has 0 saturated heterocycles. The number of hydrogen-bond donors (Lipinski definition) is 0. The van der Waals surface area contributed by atoms with Crippen LogP contribution in [-0.2, 0) is 17.0 Å². The molecule has 5 radical (unpaired) electrons. The second-order valence-corrected chi connectivity index (χ2v) is 14.2. The fourth-order valence-corrected chi connectivity index (χ4v) is 6.58. The van der Waals surface area contributed by atoms with E-state index in [1.807, 2.05) is 6.08 Å². The van der Waals surface area contributed by atoms with Gasteiger partial charge in [0.2, 0.25) is 0 Å². The molecule has 0 heterocycles. The van der Waals surface area contributed by atoms with E-state index < -0.39 is 25.3 Å². The normalized spacial score (nSPS) is 19.5. The van der Waals surface area contributed by atoms with E-state index in [0.29, 0.717) is 0 Å². The number of unbranched alkanes of at least 4 members (excludes halogenated alkanes) is 1. The Kier molecular flexibility index (Phi) is 10.3. The van der Waals surface area contributed by atoms with Crippen LogP contribution in [0.5, 0.6) is 0 Å². The zero-order chi connectivity index (χ0) is 19.1. The number of fused-ring (bicyclic) bond motifs is 1. The van der Waals surface area contributed by atoms with Crippen LogP contribution in [-0.4, -0.2) is 13.8 Å². The average Bonchev–Trinajstić information content (AvgIpc) is 2.86. The summed E-state index contributed by atoms with van der Waals surface area (Å²) in [6.45, 7) is 15.2. The maximum absolute atomic E-state index is 5.19. The van der Waals surface area contributed by atoms with E-state index >= 15 is 0 Å². The Balaban J connectivity index is 0.000000970. The molecule has 1 fully saturated rings. The Morgan fingerprint density at radius 2 is 1.72 bits per heavy atom. The first-order chi connectivity index (χ1) is 11.7. The predicted octanol–water partition coefficient (Wildman–Crippen LogP) is 7.28. The van der Waals surface area contributed by atoms with Crippen LogP contribution in [0, 0.1) is 29.7 Å². The Hall–Kier alpha value is 0.691. The van der Waals surface area contributed by atoms with Gasteiger partial charge in [0.1, 0.15) is 0 Å². The first kappa shape index (κ1) is 23.7. The summed E-state index contributed by atoms with van der Waals surface area (Å²) in [5, 5.41) is 0. The van der Waals surface area contributed by atoms with Crippen LogP contribution in [0.15, 0.2) is 37.0 Å². The van der Waals surface area contributed by atoms with E-state index in [9.17, 15) is 0 Å². The van der Waals surface area contributed by atoms with Gasteiger partial charge >= 0.3 is 35.6 Å². The zero-order valence-electron chi connectivity index (χ0n) is 16.0. The van der Waals surface area contributed by atoms with Crippen LogP contribution < -0.4 is 0 Å². The van der Waals surface area contributed by atoms with Crippen molar-refractivity contribution in [3.8, 4) is 0 Å². The molecule has 0 unspecified atom stereocenters. The molecule has 25 heavy (non-hydrogen) atoms. The molecule has 5 heteroatoms. The van der Waals surface area contributed by atoms with Crippen LogP contribution >= 0.6 is 18.6 Å². The second kappa shape index (κ2) is 10.9. The van der Waals surface area contributed by atoms with E-state index in [1.165, 1.54) is 29.7 Å². The van der Waals surface area contributed by atoms with Crippen LogP contribution in [0.1, 0.15) is 40.0 Å². The van der Waals surface area contributed by atoms with Crippen molar-refractivity contribution >= 4 is 26.8 Å². The standard InChI is InChI=1S/C20H29NSi.2ClH.Ti/c1-7-8-9-12-16-15-19(18-14-11-10-13-17(16)18)22(5,6)21-20(2,3)4;;;/h7,10-11,13-15H,1,8-9,12H2,2-6H3;2*1H;/q-1;;;+2/p-2. The fourth-order valence-electron chi connectivity index (χ4n) is 3.38. The van der Waals surface area contributed by atoms with Crippen LogP contribution in [0.4, 0.5) is 0 Å². The molecule has 137 valence electrons. The van der Waals surface area contributed by atoms with Crippen molar-refractivity contribution in [1.82, 2.24) is 0 Å². The molecule has 0 amide bonds. The van der Waals surface area contributed by atoms with E-state index in [2.05, 4.69) is 71.2 Å². The molecule has 1 nitrogen and oxygen atoms in total. The van der Waals surface area contributed by atoms with Crippen molar-refractivity contribution in [2.75, 3.05) is 0 Å². The second-order valence-electron chi connectivity index (χ2n) is 7.72. The third kappa shape index (κ3) is 7.68. The SMILES string of the molecule is C=CCCC[C]1[CH][C]([Si](C)(C)[N-]C(C)(C)C)[C]2C=CC=C[C]12.[Cl][Ti][Cl]. The summed E-state index contributed by atoms with van der Waals surface area (Å²) < 4.78 is 0. The molecule has 0 aliphatic heterocycles. The molecule has 2 rings (SSSR count). The van der Waals surface area contributed by atoms with Crippen molar-refractivity contribution in [1.29, 1.82) is 0 Å². The van der Waals surface area contributed by atoms with Gasteiger partial charge in [-0.25, -0.2) is 0 Å². The molecular weight excluding hydrogens is 401 g/mol. The monoisotopic (exact) mass is 429 g/mol. The van der Waals surface area contributed by atoms with Crippen LogP contribution in [0.2, 0.25) is 13.1 Å². The molecule has 0 bridgehead atoms. The predicted molar refractivity (Wildman–Crippen MR) is 112 cm³/mol. The van der Waals surface area contributed by atoms with Crippen molar-refractivity contribution in [3.05, 3.63) is 71.7 Å². The quantitative estimate of drug-likeness (QED) is 0.239. The van der Waals surface area contributed by atoms with Gasteiger partial charge < -0.3 is 4.98 Å². The molecule has 2 aliphatic rings. The Bertz CT molecular complexity index is 471. The minimum absolute atomic E-state index is 0.0249. The summed E-state index contributed by atoms with van der Waals surface area (Å²) in [7, 11) is 7.98. The van der Waals surface area contributed by atoms with E-state index in [1.54, 1.807) is 0 Å². The number of halogens is 2. The van der Waals surface area contributed by atoms with Gasteiger partial charge in [-0.2, -0.15) is 0 Å². The van der Waals surface area contributed by atoms with Gasteiger partial charge in [0.25, 0.3) is 0 Å². The number of allylic oxidation sites excluding steroid dienone is 5. The van der Waals surface area contributed by atoms with Gasteiger partial charge in [-0.15, -0.1) is 12.1 Å². The van der Waals surface area contributed by atoms with Crippen LogP contribution in [0.25, 0.3) is 4.98 Å². The number of hydrogen-bond acceptors (Lipinski definition) is 0. The van der Waals surface area contributed by atoms with Gasteiger partial charge in [-0.1, -0.05) is 72.5 Å². The van der Waals surface area contributed by atoms with E-state index in [0.717, 1.165) is 12.8 Å². The Morgan fingerprint density at radius 3 is 2.24 bits per heavy atom. The van der Waals surface area contributed by atoms with Gasteiger partial charge in [0.05, 0.1) is 0 Å². The summed E-state index contributed by atoms with van der Waals surface area (Å²) in [6.07, 6.45) is 16.7. The van der Waals surface area contributed by atoms with Crippen molar-refractivity contribution in [3.63, 3.8) is 0 Å². The number of nitrogens with zero attached hydrogens (tertiary/aromatic N) is 1. The molecular formula is C20H29Cl2NSiTi-. The zero-order valence-corrected chi connectivity index (χ0v) is 20.1. The third-order valence-corrected chi connectivity index (χ3v) is 6.97. The van der Waals surface area contributed by atoms with Crippen LogP contribution in [0.3, 0.4) is 0 Å². The number of rotatable bonds is 6. The summed E-state index contributed by atoms with van der Waals surface area (Å²) in [5.41, 5.74) is 1.52. The van der Waals surface area contributed by atoms with Crippen molar-refractivity contribution in [2.45, 2.75) is 58.7 Å². The van der Waals surface area contributed by atoms with Crippen molar-refractivity contribution < 1.29 is 17.0 Å². The Labute approximate surface area is 173 Å². The summed E-state index contributed by atoms with van der Waals surface area (Å²) >= 11 is -0.556. The molecule has 0 aromatic carbocycles. The molecule has 0 spiro atoms. The Morgan fingerprint density at radius 1 is 1.16 bits per heavy atom. The summed E-state index contributed by atoms with van der Waals surface area (Å²) in [4.78, 5) is 5.19. The molecule has 1 saturated carbocycles. The topological polar surface area (TPSA) is 14.1 Å². The van der Waals surface area contributed by atoms with Gasteiger partial charge in [-0.05, 0) is 37.1 Å². The molecule has 0 aromatic heterocycles. The van der Waals surface area contributed by atoms with Gasteiger partial charge in [0, 0.05) is 11.8 Å². The van der Waals surface area contributed by atoms with E-state index in [-0.39, 0.29) is 5.54 Å². The molecule has 0 atom stereocenters. The first-order valence-electron chi connectivity index (χ1n) is 8.65. The maximum atomic E-state index is 5.19. The summed E-state index contributed by atoms with van der Waals surface area (Å²) in [5.74, 6) is 4.32. The molecule has 0 aromatic rings. The summed E-state index contributed by atoms with van der Waals surface area (Å²) in [6, 6.07) is 0. The minimum atomic E-state index is -1.80. The third-order valence-electron chi connectivity index (χ3n) is 4.01. The van der Waals surface area contributed by atoms with E-state index in [4.69, 9.17) is 23.6 Å². The molecule has 2 aliphatic carbocycles. The first-order valence-corrected chi connectivity index (χ1v) is 15.9. The fraction of sp³-hybridized carbons (Fsp3) is 0.450. The molecule has 0 N–H and O–H groups in total. The van der Waals surface area contributed by atoms with Gasteiger partial charge in [0.15, 0.2) is 0 Å². The van der Waals surface area contributed by atoms with Gasteiger partial charge in [-0.3, -0.25) is 0 Å². The average molecular weight is 430 g/mol. The van der Waals surface area contributed by atoms with Crippen molar-refractivity contribution in [2.24, 2.45) is 0 Å².